The topological polar surface area (TPSA) is 233 Å². The fraction of sp³-hybridized carbons (Fsp3) is 0.688. The van der Waals surface area contributed by atoms with Gasteiger partial charge in [-0.05, 0) is 12.8 Å². The quantitative estimate of drug-likeness (QED) is 0.117. The second-order valence-corrected chi connectivity index (χ2v) is 10.5. The van der Waals surface area contributed by atoms with Gasteiger partial charge in [-0.2, -0.15) is 4.31 Å². The van der Waals surface area contributed by atoms with Crippen LogP contribution in [0.25, 0.3) is 11.2 Å². The highest BCUT2D eigenvalue weighted by Crippen LogP contribution is 2.57. The van der Waals surface area contributed by atoms with E-state index in [0.717, 1.165) is 6.42 Å². The van der Waals surface area contributed by atoms with Gasteiger partial charge in [-0.1, -0.05) is 11.9 Å². The van der Waals surface area contributed by atoms with Crippen LogP contribution in [0.4, 0.5) is 5.95 Å². The second kappa shape index (κ2) is 10.5. The molecule has 2 aromatic heterocycles. The summed E-state index contributed by atoms with van der Waals surface area (Å²) in [5, 5.41) is 11.1. The number of aliphatic hydroxyl groups is 1. The van der Waals surface area contributed by atoms with Gasteiger partial charge < -0.3 is 35.0 Å². The highest BCUT2D eigenvalue weighted by molar-refractivity contribution is 7.60. The lowest BCUT2D eigenvalue weighted by Crippen LogP contribution is -2.45. The fourth-order valence-corrected chi connectivity index (χ4v) is 5.39. The molecule has 0 bridgehead atoms. The number of aromatic amines is 1. The molecular weight excluding hydrogens is 500 g/mol. The molecule has 1 aliphatic rings. The Bertz CT molecular complexity index is 1160. The van der Waals surface area contributed by atoms with Gasteiger partial charge in [-0.25, -0.2) is 13.7 Å². The number of aryl methyl sites for hydroxylation is 1. The van der Waals surface area contributed by atoms with Crippen LogP contribution in [0.15, 0.2) is 11.1 Å². The van der Waals surface area contributed by atoms with Crippen LogP contribution in [0.1, 0.15) is 26.0 Å². The summed E-state index contributed by atoms with van der Waals surface area (Å²) in [5.41, 5.74) is 5.46. The van der Waals surface area contributed by atoms with Crippen LogP contribution < -0.4 is 15.9 Å². The van der Waals surface area contributed by atoms with E-state index >= 15 is 0 Å². The van der Waals surface area contributed by atoms with Gasteiger partial charge in [0.2, 0.25) is 11.7 Å². The van der Waals surface area contributed by atoms with Crippen molar-refractivity contribution in [2.24, 2.45) is 13.0 Å². The maximum Gasteiger partial charge on any atom is 0.481 e. The molecule has 2 aromatic rings. The Balaban J connectivity index is 1.87. The van der Waals surface area contributed by atoms with Crippen LogP contribution in [-0.4, -0.2) is 66.4 Å². The van der Waals surface area contributed by atoms with E-state index in [9.17, 15) is 23.9 Å². The Kier molecular flexibility index (Phi) is 8.30. The first-order valence-corrected chi connectivity index (χ1v) is 13.3. The first-order valence-electron chi connectivity index (χ1n) is 10.2. The summed E-state index contributed by atoms with van der Waals surface area (Å²) < 4.78 is 45.6. The Labute approximate surface area is 193 Å². The second-order valence-electron chi connectivity index (χ2n) is 7.71. The van der Waals surface area contributed by atoms with E-state index in [0.29, 0.717) is 6.61 Å². The molecule has 0 saturated carbocycles. The minimum Gasteiger partial charge on any atom is -0.386 e. The Hall–Kier alpha value is -1.71. The summed E-state index contributed by atoms with van der Waals surface area (Å²) in [6.07, 6.45) is -0.780. The number of aliphatic hydroxyl groups excluding tert-OH is 1. The molecule has 7 N–H and O–H groups in total. The van der Waals surface area contributed by atoms with Crippen molar-refractivity contribution < 1.29 is 51.8 Å². The van der Waals surface area contributed by atoms with E-state index in [1.807, 2.05) is 6.92 Å². The number of nitrogen functional groups attached to an aromatic ring is 1. The standard InChI is InChI=1S/C16H27N5O11P2/c1-3-5-29-6-4-9-10(7-30-34(27,28)32-33(24,25)26)31-15(12(9)22)21-8-20(2)11-13(21)18-16(17)19-14(11)23/h8-10,12,15,22H,3-7H2,1-2H3,(H5-,17,18,19,23,24,25,26,27,28)/p+1/t9-,10-,12-,15-/m1/s1. The number of hydrogen-bond donors (Lipinski definition) is 6. The maximum absolute atomic E-state index is 12.3. The van der Waals surface area contributed by atoms with Crippen molar-refractivity contribution in [3.63, 3.8) is 0 Å². The molecule has 5 atom stereocenters. The highest BCUT2D eigenvalue weighted by Gasteiger charge is 2.48. The van der Waals surface area contributed by atoms with Gasteiger partial charge in [0, 0.05) is 19.1 Å². The predicted molar refractivity (Wildman–Crippen MR) is 114 cm³/mol. The third-order valence-corrected chi connectivity index (χ3v) is 7.29. The average molecular weight is 528 g/mol. The molecule has 0 spiro atoms. The molecule has 1 fully saturated rings. The van der Waals surface area contributed by atoms with Crippen LogP contribution in [0.2, 0.25) is 0 Å². The first-order chi connectivity index (χ1) is 15.8. The number of nitrogens with two attached hydrogens (primary N) is 1. The Morgan fingerprint density at radius 2 is 2.03 bits per heavy atom. The van der Waals surface area contributed by atoms with E-state index in [2.05, 4.69) is 14.3 Å². The third kappa shape index (κ3) is 6.29. The van der Waals surface area contributed by atoms with Crippen molar-refractivity contribution in [3.8, 4) is 0 Å². The minimum atomic E-state index is -5.30. The number of ether oxygens (including phenoxy) is 2. The van der Waals surface area contributed by atoms with Crippen LogP contribution >= 0.6 is 15.6 Å². The van der Waals surface area contributed by atoms with Gasteiger partial charge in [0.1, 0.15) is 6.10 Å². The number of H-pyrrole nitrogens is 1. The molecule has 0 radical (unpaired) electrons. The summed E-state index contributed by atoms with van der Waals surface area (Å²) in [7, 11) is -8.84. The van der Waals surface area contributed by atoms with E-state index in [-0.39, 0.29) is 30.1 Å². The molecule has 1 saturated heterocycles. The van der Waals surface area contributed by atoms with Crippen molar-refractivity contribution >= 4 is 32.8 Å². The van der Waals surface area contributed by atoms with Gasteiger partial charge in [-0.15, -0.1) is 0 Å². The van der Waals surface area contributed by atoms with Crippen molar-refractivity contribution in [3.05, 3.63) is 16.7 Å². The predicted octanol–water partition coefficient (Wildman–Crippen LogP) is -0.951. The summed E-state index contributed by atoms with van der Waals surface area (Å²) in [5.74, 6) is -0.829. The monoisotopic (exact) mass is 528 g/mol. The number of phosphoric acid groups is 2. The zero-order valence-electron chi connectivity index (χ0n) is 18.4. The smallest absolute Gasteiger partial charge is 0.386 e. The largest absolute Gasteiger partial charge is 0.481 e. The van der Waals surface area contributed by atoms with E-state index in [4.69, 9.17) is 29.5 Å². The minimum absolute atomic E-state index is 0.132. The van der Waals surface area contributed by atoms with Gasteiger partial charge in [0.25, 0.3) is 11.5 Å². The summed E-state index contributed by atoms with van der Waals surface area (Å²) in [6.45, 7) is 2.02. The number of imidazole rings is 1. The zero-order chi connectivity index (χ0) is 25.3. The summed E-state index contributed by atoms with van der Waals surface area (Å²) in [6, 6.07) is 0. The number of fused-ring (bicyclic) bond motifs is 1. The lowest BCUT2D eigenvalue weighted by Gasteiger charge is -2.20. The highest BCUT2D eigenvalue weighted by atomic mass is 31.3. The third-order valence-electron chi connectivity index (χ3n) is 5.14. The molecule has 18 heteroatoms. The van der Waals surface area contributed by atoms with E-state index in [1.165, 1.54) is 15.5 Å². The van der Waals surface area contributed by atoms with Crippen LogP contribution in [-0.2, 0) is 34.5 Å². The molecule has 1 aliphatic heterocycles. The number of aromatic nitrogens is 4. The molecular formula is C16H28N5O11P2+. The SMILES string of the molecule is CCCOCC[C@H]1[C@@H](O)[C@H]([n+]2cn(C)c3c(=O)[nH]c(N)nc32)O[C@@H]1COP(=O)(O)OP(=O)(O)O. The fourth-order valence-electron chi connectivity index (χ4n) is 3.79. The van der Waals surface area contributed by atoms with E-state index < -0.39 is 52.2 Å². The number of anilines is 1. The van der Waals surface area contributed by atoms with E-state index in [1.54, 1.807) is 7.05 Å². The number of phosphoric ester groups is 1. The van der Waals surface area contributed by atoms with Crippen molar-refractivity contribution in [1.29, 1.82) is 0 Å². The lowest BCUT2D eigenvalue weighted by molar-refractivity contribution is -0.745. The van der Waals surface area contributed by atoms with Crippen LogP contribution in [0, 0.1) is 5.92 Å². The molecule has 1 unspecified atom stereocenters. The molecule has 0 aliphatic carbocycles. The van der Waals surface area contributed by atoms with Gasteiger partial charge in [-0.3, -0.25) is 18.9 Å². The zero-order valence-corrected chi connectivity index (χ0v) is 20.2. The maximum atomic E-state index is 12.3. The van der Waals surface area contributed by atoms with Crippen molar-refractivity contribution in [1.82, 2.24) is 14.5 Å². The Morgan fingerprint density at radius 1 is 1.32 bits per heavy atom. The van der Waals surface area contributed by atoms with Crippen LogP contribution in [0.5, 0.6) is 0 Å². The number of hydrogen-bond acceptors (Lipinski definition) is 10. The van der Waals surface area contributed by atoms with Crippen molar-refractivity contribution in [2.45, 2.75) is 38.2 Å². The summed E-state index contributed by atoms with van der Waals surface area (Å²) >= 11 is 0. The molecule has 34 heavy (non-hydrogen) atoms. The lowest BCUT2D eigenvalue weighted by atomic mass is 9.95. The molecule has 16 nitrogen and oxygen atoms in total. The van der Waals surface area contributed by atoms with Crippen molar-refractivity contribution in [2.75, 3.05) is 25.6 Å². The normalized spacial score (nSPS) is 25.1. The molecule has 192 valence electrons. The number of rotatable bonds is 11. The first kappa shape index (κ1) is 26.9. The molecule has 3 rings (SSSR count). The molecule has 3 heterocycles. The van der Waals surface area contributed by atoms with Gasteiger partial charge in [0.05, 0.1) is 19.8 Å². The van der Waals surface area contributed by atoms with Crippen LogP contribution in [0.3, 0.4) is 0 Å². The molecule has 0 aromatic carbocycles. The average Bonchev–Trinajstić information content (AvgIpc) is 3.18. The number of nitrogens with zero attached hydrogens (tertiary/aromatic N) is 3. The molecule has 0 amide bonds. The number of nitrogens with one attached hydrogen (secondary N) is 1. The Morgan fingerprint density at radius 3 is 2.68 bits per heavy atom. The summed E-state index contributed by atoms with van der Waals surface area (Å²) in [4.78, 5) is 46.0. The van der Waals surface area contributed by atoms with Gasteiger partial charge in [0.15, 0.2) is 6.33 Å². The van der Waals surface area contributed by atoms with Gasteiger partial charge >= 0.3 is 21.3 Å².